The molecule has 0 fully saturated rings. The first kappa shape index (κ1) is 13.0. The number of nitrogens with two attached hydrogens (primary N) is 1. The molecule has 98 valence electrons. The molecule has 0 atom stereocenters. The van der Waals surface area contributed by atoms with E-state index < -0.39 is 17.4 Å². The fourth-order valence-corrected chi connectivity index (χ4v) is 2.09. The minimum absolute atomic E-state index is 0.00542. The van der Waals surface area contributed by atoms with Gasteiger partial charge in [0, 0.05) is 11.6 Å². The fraction of sp³-hybridized carbons (Fsp3) is 0.0909. The standard InChI is InChI=1S/C11H10N4O3S/c12-8(16)4-6-5-19-11(14-6)15-10(18)7-2-1-3-13-9(7)17/h1-3,5H,4H2,(H2,12,16)(H,13,17)(H,14,15,18). The number of hydrogen-bond donors (Lipinski definition) is 3. The molecule has 2 rings (SSSR count). The number of amides is 2. The van der Waals surface area contributed by atoms with Crippen molar-refractivity contribution in [1.29, 1.82) is 0 Å². The van der Waals surface area contributed by atoms with Gasteiger partial charge in [0.2, 0.25) is 5.91 Å². The molecule has 2 aromatic rings. The maximum absolute atomic E-state index is 11.8. The molecule has 8 heteroatoms. The lowest BCUT2D eigenvalue weighted by atomic mass is 10.2. The third kappa shape index (κ3) is 3.26. The zero-order chi connectivity index (χ0) is 13.8. The Balaban J connectivity index is 2.11. The van der Waals surface area contributed by atoms with Gasteiger partial charge in [-0.05, 0) is 12.1 Å². The number of nitrogens with one attached hydrogen (secondary N) is 2. The quantitative estimate of drug-likeness (QED) is 0.735. The summed E-state index contributed by atoms with van der Waals surface area (Å²) in [6.45, 7) is 0. The maximum Gasteiger partial charge on any atom is 0.263 e. The van der Waals surface area contributed by atoms with Crippen LogP contribution in [0.15, 0.2) is 28.5 Å². The zero-order valence-corrected chi connectivity index (χ0v) is 10.5. The van der Waals surface area contributed by atoms with Crippen LogP contribution in [-0.4, -0.2) is 21.8 Å². The van der Waals surface area contributed by atoms with Crippen molar-refractivity contribution in [1.82, 2.24) is 9.97 Å². The van der Waals surface area contributed by atoms with Crippen LogP contribution in [0.5, 0.6) is 0 Å². The lowest BCUT2D eigenvalue weighted by Crippen LogP contribution is -2.22. The van der Waals surface area contributed by atoms with E-state index in [2.05, 4.69) is 15.3 Å². The first-order valence-corrected chi connectivity index (χ1v) is 6.16. The minimum atomic E-state index is -0.554. The van der Waals surface area contributed by atoms with Crippen molar-refractivity contribution < 1.29 is 9.59 Å². The maximum atomic E-state index is 11.8. The van der Waals surface area contributed by atoms with E-state index >= 15 is 0 Å². The smallest absolute Gasteiger partial charge is 0.263 e. The van der Waals surface area contributed by atoms with Gasteiger partial charge < -0.3 is 10.7 Å². The summed E-state index contributed by atoms with van der Waals surface area (Å²) < 4.78 is 0. The Kier molecular flexibility index (Phi) is 3.71. The monoisotopic (exact) mass is 278 g/mol. The van der Waals surface area contributed by atoms with Gasteiger partial charge in [-0.15, -0.1) is 11.3 Å². The molecule has 0 radical (unpaired) electrons. The molecule has 0 bridgehead atoms. The molecule has 19 heavy (non-hydrogen) atoms. The van der Waals surface area contributed by atoms with E-state index in [0.29, 0.717) is 10.8 Å². The van der Waals surface area contributed by atoms with Crippen LogP contribution in [0.3, 0.4) is 0 Å². The third-order valence-electron chi connectivity index (χ3n) is 2.19. The summed E-state index contributed by atoms with van der Waals surface area (Å²) in [4.78, 5) is 40.4. The first-order chi connectivity index (χ1) is 9.06. The summed E-state index contributed by atoms with van der Waals surface area (Å²) >= 11 is 1.16. The number of aromatic nitrogens is 2. The number of aromatic amines is 1. The van der Waals surface area contributed by atoms with Crippen molar-refractivity contribution in [3.05, 3.63) is 45.3 Å². The van der Waals surface area contributed by atoms with E-state index in [1.54, 1.807) is 11.4 Å². The van der Waals surface area contributed by atoms with Crippen LogP contribution in [0.4, 0.5) is 5.13 Å². The molecule has 4 N–H and O–H groups in total. The number of carbonyl (C=O) groups excluding carboxylic acids is 2. The van der Waals surface area contributed by atoms with E-state index in [-0.39, 0.29) is 12.0 Å². The molecule has 2 heterocycles. The molecule has 0 aliphatic rings. The predicted octanol–water partition coefficient (Wildman–Crippen LogP) is 0.111. The third-order valence-corrected chi connectivity index (χ3v) is 3.00. The highest BCUT2D eigenvalue weighted by Crippen LogP contribution is 2.16. The molecule has 7 nitrogen and oxygen atoms in total. The predicted molar refractivity (Wildman–Crippen MR) is 70.0 cm³/mol. The molecule has 0 saturated carbocycles. The van der Waals surface area contributed by atoms with Gasteiger partial charge in [0.05, 0.1) is 12.1 Å². The summed E-state index contributed by atoms with van der Waals surface area (Å²) in [6.07, 6.45) is 1.45. The highest BCUT2D eigenvalue weighted by molar-refractivity contribution is 7.14. The lowest BCUT2D eigenvalue weighted by molar-refractivity contribution is -0.117. The number of pyridine rings is 1. The lowest BCUT2D eigenvalue weighted by Gasteiger charge is -1.99. The second-order valence-electron chi connectivity index (χ2n) is 3.65. The number of hydrogen-bond acceptors (Lipinski definition) is 5. The number of thiazole rings is 1. The van der Waals surface area contributed by atoms with Gasteiger partial charge in [-0.1, -0.05) is 0 Å². The van der Waals surface area contributed by atoms with Gasteiger partial charge in [-0.2, -0.15) is 0 Å². The van der Waals surface area contributed by atoms with Gasteiger partial charge in [0.15, 0.2) is 5.13 Å². The number of primary amides is 1. The van der Waals surface area contributed by atoms with Crippen molar-refractivity contribution in [3.63, 3.8) is 0 Å². The van der Waals surface area contributed by atoms with Crippen molar-refractivity contribution in [2.75, 3.05) is 5.32 Å². The molecule has 0 aromatic carbocycles. The van der Waals surface area contributed by atoms with Crippen molar-refractivity contribution in [2.45, 2.75) is 6.42 Å². The van der Waals surface area contributed by atoms with Crippen LogP contribution >= 0.6 is 11.3 Å². The highest BCUT2D eigenvalue weighted by Gasteiger charge is 2.12. The molecular weight excluding hydrogens is 268 g/mol. The number of rotatable bonds is 4. The number of anilines is 1. The van der Waals surface area contributed by atoms with Crippen LogP contribution in [0.1, 0.15) is 16.1 Å². The molecular formula is C11H10N4O3S. The number of carbonyl (C=O) groups is 2. The average molecular weight is 278 g/mol. The minimum Gasteiger partial charge on any atom is -0.369 e. The molecule has 0 spiro atoms. The van der Waals surface area contributed by atoms with E-state index in [0.717, 1.165) is 11.3 Å². The van der Waals surface area contributed by atoms with E-state index in [1.807, 2.05) is 0 Å². The van der Waals surface area contributed by atoms with Crippen LogP contribution in [0, 0.1) is 0 Å². The van der Waals surface area contributed by atoms with Gasteiger partial charge in [-0.3, -0.25) is 19.7 Å². The zero-order valence-electron chi connectivity index (χ0n) is 9.67. The summed E-state index contributed by atoms with van der Waals surface area (Å²) in [5.74, 6) is -1.05. The van der Waals surface area contributed by atoms with Crippen molar-refractivity contribution >= 4 is 28.3 Å². The fourth-order valence-electron chi connectivity index (χ4n) is 1.39. The Bertz CT molecular complexity index is 676. The largest absolute Gasteiger partial charge is 0.369 e. The Labute approximate surface area is 111 Å². The van der Waals surface area contributed by atoms with E-state index in [9.17, 15) is 14.4 Å². The van der Waals surface area contributed by atoms with Gasteiger partial charge in [0.25, 0.3) is 11.5 Å². The first-order valence-electron chi connectivity index (χ1n) is 5.28. The second-order valence-corrected chi connectivity index (χ2v) is 4.51. The molecule has 2 aromatic heterocycles. The normalized spacial score (nSPS) is 10.1. The summed E-state index contributed by atoms with van der Waals surface area (Å²) in [5, 5.41) is 4.42. The summed E-state index contributed by atoms with van der Waals surface area (Å²) in [6, 6.07) is 2.96. The molecule has 2 amide bonds. The van der Waals surface area contributed by atoms with Crippen molar-refractivity contribution in [2.24, 2.45) is 5.73 Å². The topological polar surface area (TPSA) is 118 Å². The molecule has 0 aliphatic heterocycles. The Morgan fingerprint density at radius 2 is 2.26 bits per heavy atom. The Morgan fingerprint density at radius 3 is 2.95 bits per heavy atom. The van der Waals surface area contributed by atoms with Crippen LogP contribution in [0.25, 0.3) is 0 Å². The Hall–Kier alpha value is -2.48. The van der Waals surface area contributed by atoms with Gasteiger partial charge in [-0.25, -0.2) is 4.98 Å². The van der Waals surface area contributed by atoms with Crippen LogP contribution < -0.4 is 16.6 Å². The Morgan fingerprint density at radius 1 is 1.47 bits per heavy atom. The molecule has 0 aliphatic carbocycles. The van der Waals surface area contributed by atoms with Gasteiger partial charge in [0.1, 0.15) is 5.56 Å². The summed E-state index contributed by atoms with van der Waals surface area (Å²) in [5.41, 5.74) is 5.04. The van der Waals surface area contributed by atoms with E-state index in [4.69, 9.17) is 5.73 Å². The van der Waals surface area contributed by atoms with Crippen LogP contribution in [0.2, 0.25) is 0 Å². The SMILES string of the molecule is NC(=O)Cc1csc(NC(=O)c2ccc[nH]c2=O)n1. The highest BCUT2D eigenvalue weighted by atomic mass is 32.1. The van der Waals surface area contributed by atoms with Crippen molar-refractivity contribution in [3.8, 4) is 0 Å². The number of H-pyrrole nitrogens is 1. The van der Waals surface area contributed by atoms with E-state index in [1.165, 1.54) is 12.3 Å². The average Bonchev–Trinajstić information content (AvgIpc) is 2.76. The summed E-state index contributed by atoms with van der Waals surface area (Å²) in [7, 11) is 0. The van der Waals surface area contributed by atoms with Crippen LogP contribution in [-0.2, 0) is 11.2 Å². The number of nitrogens with zero attached hydrogens (tertiary/aromatic N) is 1. The van der Waals surface area contributed by atoms with Gasteiger partial charge >= 0.3 is 0 Å². The molecule has 0 unspecified atom stereocenters. The molecule has 0 saturated heterocycles. The second kappa shape index (κ2) is 5.44.